The Kier molecular flexibility index (Phi) is 11.9. The summed E-state index contributed by atoms with van der Waals surface area (Å²) in [7, 11) is -2.89. The van der Waals surface area contributed by atoms with Gasteiger partial charge in [-0.1, -0.05) is 13.0 Å². The summed E-state index contributed by atoms with van der Waals surface area (Å²) in [6.45, 7) is 6.36. The predicted molar refractivity (Wildman–Crippen MR) is 111 cm³/mol. The molecular formula is C15H28IN3O2S2. The van der Waals surface area contributed by atoms with Crippen molar-refractivity contribution in [3.63, 3.8) is 0 Å². The van der Waals surface area contributed by atoms with Gasteiger partial charge in [-0.05, 0) is 37.1 Å². The van der Waals surface area contributed by atoms with E-state index in [1.165, 1.54) is 11.1 Å². The van der Waals surface area contributed by atoms with E-state index >= 15 is 0 Å². The normalized spacial score (nSPS) is 13.3. The Morgan fingerprint density at radius 1 is 1.39 bits per heavy atom. The molecule has 0 saturated carbocycles. The summed E-state index contributed by atoms with van der Waals surface area (Å²) in [5.41, 5.74) is 0. The number of thiophene rings is 1. The minimum Gasteiger partial charge on any atom is -0.357 e. The maximum Gasteiger partial charge on any atom is 0.191 e. The van der Waals surface area contributed by atoms with Crippen LogP contribution in [-0.2, 0) is 16.3 Å². The fourth-order valence-corrected chi connectivity index (χ4v) is 3.51. The van der Waals surface area contributed by atoms with E-state index in [1.54, 1.807) is 11.3 Å². The second-order valence-corrected chi connectivity index (χ2v) is 8.81. The molecule has 0 saturated heterocycles. The first-order valence-electron chi connectivity index (χ1n) is 7.63. The van der Waals surface area contributed by atoms with Crippen molar-refractivity contribution >= 4 is 51.1 Å². The van der Waals surface area contributed by atoms with Crippen LogP contribution in [0.1, 0.15) is 25.1 Å². The zero-order chi connectivity index (χ0) is 16.4. The Labute approximate surface area is 161 Å². The summed E-state index contributed by atoms with van der Waals surface area (Å²) < 4.78 is 22.2. The fourth-order valence-electron chi connectivity index (χ4n) is 1.97. The number of guanidine groups is 1. The maximum absolute atomic E-state index is 11.1. The van der Waals surface area contributed by atoms with Crippen molar-refractivity contribution in [2.75, 3.05) is 31.6 Å². The Morgan fingerprint density at radius 2 is 2.13 bits per heavy atom. The molecule has 0 aliphatic rings. The van der Waals surface area contributed by atoms with E-state index in [9.17, 15) is 8.42 Å². The molecule has 0 aromatic carbocycles. The van der Waals surface area contributed by atoms with Crippen molar-refractivity contribution in [3.8, 4) is 0 Å². The first-order valence-corrected chi connectivity index (χ1v) is 10.6. The molecule has 2 N–H and O–H groups in total. The number of hydrogen-bond acceptors (Lipinski definition) is 4. The molecular weight excluding hydrogens is 445 g/mol. The Hall–Kier alpha value is -0.350. The van der Waals surface area contributed by atoms with Crippen LogP contribution in [0.25, 0.3) is 0 Å². The largest absolute Gasteiger partial charge is 0.357 e. The van der Waals surface area contributed by atoms with Gasteiger partial charge in [0.05, 0.1) is 5.75 Å². The molecule has 134 valence electrons. The van der Waals surface area contributed by atoms with Gasteiger partial charge in [-0.15, -0.1) is 35.3 Å². The van der Waals surface area contributed by atoms with Gasteiger partial charge in [0.25, 0.3) is 0 Å². The number of nitrogens with zero attached hydrogens (tertiary/aromatic N) is 1. The molecule has 0 aliphatic heterocycles. The highest BCUT2D eigenvalue weighted by Crippen LogP contribution is 2.14. The van der Waals surface area contributed by atoms with Gasteiger partial charge in [0.15, 0.2) is 5.96 Å². The summed E-state index contributed by atoms with van der Waals surface area (Å²) in [4.78, 5) is 5.96. The summed E-state index contributed by atoms with van der Waals surface area (Å²) >= 11 is 1.78. The van der Waals surface area contributed by atoms with Gasteiger partial charge in [0.1, 0.15) is 9.84 Å². The molecule has 0 amide bonds. The smallest absolute Gasteiger partial charge is 0.191 e. The van der Waals surface area contributed by atoms with Crippen molar-refractivity contribution < 1.29 is 8.42 Å². The van der Waals surface area contributed by atoms with Crippen molar-refractivity contribution in [2.45, 2.75) is 26.7 Å². The topological polar surface area (TPSA) is 70.6 Å². The SMILES string of the molecule is CCNC(=NCC(C)Cc1cccs1)NCCCS(C)(=O)=O.I. The third-order valence-corrected chi connectivity index (χ3v) is 4.95. The van der Waals surface area contributed by atoms with Crippen LogP contribution in [0, 0.1) is 5.92 Å². The summed E-state index contributed by atoms with van der Waals surface area (Å²) in [6.07, 6.45) is 2.89. The van der Waals surface area contributed by atoms with Crippen molar-refractivity contribution in [1.29, 1.82) is 0 Å². The molecule has 1 heterocycles. The van der Waals surface area contributed by atoms with E-state index in [4.69, 9.17) is 0 Å². The van der Waals surface area contributed by atoms with Crippen molar-refractivity contribution in [1.82, 2.24) is 10.6 Å². The molecule has 0 spiro atoms. The molecule has 1 aromatic rings. The molecule has 1 atom stereocenters. The highest BCUT2D eigenvalue weighted by molar-refractivity contribution is 14.0. The number of halogens is 1. The van der Waals surface area contributed by atoms with Gasteiger partial charge < -0.3 is 10.6 Å². The van der Waals surface area contributed by atoms with Crippen LogP contribution < -0.4 is 10.6 Å². The minimum absolute atomic E-state index is 0. The van der Waals surface area contributed by atoms with Crippen LogP contribution in [0.5, 0.6) is 0 Å². The zero-order valence-electron chi connectivity index (χ0n) is 14.0. The predicted octanol–water partition coefficient (Wildman–Crippen LogP) is 2.53. The van der Waals surface area contributed by atoms with E-state index in [1.807, 2.05) is 6.92 Å². The number of sulfone groups is 1. The minimum atomic E-state index is -2.89. The second-order valence-electron chi connectivity index (χ2n) is 5.52. The van der Waals surface area contributed by atoms with Crippen LogP contribution in [0.15, 0.2) is 22.5 Å². The Balaban J connectivity index is 0.00000484. The molecule has 1 rings (SSSR count). The average molecular weight is 473 g/mol. The number of aliphatic imine (C=N–C) groups is 1. The van der Waals surface area contributed by atoms with E-state index in [-0.39, 0.29) is 29.7 Å². The van der Waals surface area contributed by atoms with Crippen LogP contribution >= 0.6 is 35.3 Å². The Morgan fingerprint density at radius 3 is 2.70 bits per heavy atom. The van der Waals surface area contributed by atoms with E-state index in [0.717, 1.165) is 25.5 Å². The summed E-state index contributed by atoms with van der Waals surface area (Å²) in [5, 5.41) is 8.47. The van der Waals surface area contributed by atoms with Gasteiger partial charge in [0.2, 0.25) is 0 Å². The fraction of sp³-hybridized carbons (Fsp3) is 0.667. The van der Waals surface area contributed by atoms with Gasteiger partial charge >= 0.3 is 0 Å². The first kappa shape index (κ1) is 22.6. The molecule has 23 heavy (non-hydrogen) atoms. The lowest BCUT2D eigenvalue weighted by Crippen LogP contribution is -2.38. The molecule has 0 aliphatic carbocycles. The van der Waals surface area contributed by atoms with Crippen LogP contribution in [-0.4, -0.2) is 46.0 Å². The van der Waals surface area contributed by atoms with Crippen molar-refractivity contribution in [3.05, 3.63) is 22.4 Å². The summed E-state index contributed by atoms with van der Waals surface area (Å²) in [5.74, 6) is 1.44. The zero-order valence-corrected chi connectivity index (χ0v) is 18.0. The monoisotopic (exact) mass is 473 g/mol. The molecule has 0 fully saturated rings. The number of hydrogen-bond donors (Lipinski definition) is 2. The molecule has 1 unspecified atom stereocenters. The van der Waals surface area contributed by atoms with Crippen LogP contribution in [0.2, 0.25) is 0 Å². The molecule has 5 nitrogen and oxygen atoms in total. The van der Waals surface area contributed by atoms with Gasteiger partial charge in [-0.2, -0.15) is 0 Å². The van der Waals surface area contributed by atoms with Crippen LogP contribution in [0.3, 0.4) is 0 Å². The highest BCUT2D eigenvalue weighted by Gasteiger charge is 2.06. The molecule has 0 bridgehead atoms. The van der Waals surface area contributed by atoms with Gasteiger partial charge in [-0.3, -0.25) is 4.99 Å². The Bertz CT molecular complexity index is 545. The highest BCUT2D eigenvalue weighted by atomic mass is 127. The average Bonchev–Trinajstić information content (AvgIpc) is 2.92. The number of nitrogens with one attached hydrogen (secondary N) is 2. The van der Waals surface area contributed by atoms with Gasteiger partial charge in [-0.25, -0.2) is 8.42 Å². The van der Waals surface area contributed by atoms with E-state index < -0.39 is 9.84 Å². The van der Waals surface area contributed by atoms with Crippen LogP contribution in [0.4, 0.5) is 0 Å². The standard InChI is InChI=1S/C15H27N3O2S2.HI/c1-4-16-15(17-8-6-10-22(3,19)20)18-12-13(2)11-14-7-5-9-21-14;/h5,7,9,13H,4,6,8,10-12H2,1-3H3,(H2,16,17,18);1H. The lowest BCUT2D eigenvalue weighted by Gasteiger charge is -2.13. The molecule has 8 heteroatoms. The van der Waals surface area contributed by atoms with Crippen molar-refractivity contribution in [2.24, 2.45) is 10.9 Å². The second kappa shape index (κ2) is 12.1. The van der Waals surface area contributed by atoms with Gasteiger partial charge in [0, 0.05) is 30.8 Å². The molecule has 1 aromatic heterocycles. The third-order valence-electron chi connectivity index (χ3n) is 3.02. The van der Waals surface area contributed by atoms with E-state index in [0.29, 0.717) is 18.9 Å². The quantitative estimate of drug-likeness (QED) is 0.250. The third kappa shape index (κ3) is 11.8. The lowest BCUT2D eigenvalue weighted by molar-refractivity contribution is 0.593. The first-order chi connectivity index (χ1) is 10.4. The maximum atomic E-state index is 11.1. The lowest BCUT2D eigenvalue weighted by atomic mass is 10.1. The number of rotatable bonds is 9. The molecule has 0 radical (unpaired) electrons. The van der Waals surface area contributed by atoms with E-state index in [2.05, 4.69) is 40.1 Å². The summed E-state index contributed by atoms with van der Waals surface area (Å²) in [6, 6.07) is 4.23.